The third-order valence-corrected chi connectivity index (χ3v) is 2.97. The van der Waals surface area contributed by atoms with Crippen LogP contribution in [-0.2, 0) is 4.79 Å². The molecule has 2 rings (SSSR count). The molecule has 0 radical (unpaired) electrons. The molecule has 1 atom stereocenters. The van der Waals surface area contributed by atoms with Crippen molar-refractivity contribution >= 4 is 11.6 Å². The molecule has 0 aliphatic carbocycles. The van der Waals surface area contributed by atoms with Crippen molar-refractivity contribution in [1.29, 1.82) is 0 Å². The van der Waals surface area contributed by atoms with Crippen molar-refractivity contribution in [2.75, 3.05) is 11.9 Å². The summed E-state index contributed by atoms with van der Waals surface area (Å²) in [6, 6.07) is 16.3. The van der Waals surface area contributed by atoms with E-state index < -0.39 is 0 Å². The molecule has 2 aromatic rings. The Morgan fingerprint density at radius 2 is 1.90 bits per heavy atom. The fraction of sp³-hybridized carbons (Fsp3) is 0.188. The van der Waals surface area contributed by atoms with Crippen molar-refractivity contribution < 1.29 is 9.90 Å². The van der Waals surface area contributed by atoms with Gasteiger partial charge in [0.05, 0.1) is 12.6 Å². The van der Waals surface area contributed by atoms with E-state index in [-0.39, 0.29) is 24.2 Å². The third kappa shape index (κ3) is 4.02. The normalized spacial score (nSPS) is 11.7. The smallest absolute Gasteiger partial charge is 0.239 e. The Hall–Kier alpha value is -2.49. The van der Waals surface area contributed by atoms with Gasteiger partial charge >= 0.3 is 0 Å². The number of hydrogen-bond donors (Lipinski definition) is 3. The Morgan fingerprint density at radius 1 is 1.15 bits per heavy atom. The SMILES string of the molecule is CC(NC(=O)CNc1ccccc1)c1cccc(O)c1. The lowest BCUT2D eigenvalue weighted by Gasteiger charge is -2.15. The van der Waals surface area contributed by atoms with E-state index in [1.807, 2.05) is 43.3 Å². The van der Waals surface area contributed by atoms with Gasteiger partial charge in [0.25, 0.3) is 0 Å². The molecule has 4 nitrogen and oxygen atoms in total. The van der Waals surface area contributed by atoms with Crippen molar-refractivity contribution in [2.24, 2.45) is 0 Å². The molecule has 4 heteroatoms. The van der Waals surface area contributed by atoms with Gasteiger partial charge in [-0.1, -0.05) is 30.3 Å². The van der Waals surface area contributed by atoms with Gasteiger partial charge in [0, 0.05) is 5.69 Å². The summed E-state index contributed by atoms with van der Waals surface area (Å²) >= 11 is 0. The van der Waals surface area contributed by atoms with Gasteiger partial charge in [-0.15, -0.1) is 0 Å². The van der Waals surface area contributed by atoms with E-state index in [0.29, 0.717) is 0 Å². The van der Waals surface area contributed by atoms with Crippen molar-refractivity contribution in [1.82, 2.24) is 5.32 Å². The summed E-state index contributed by atoms with van der Waals surface area (Å²) in [5.74, 6) is 0.107. The molecule has 1 amide bonds. The molecule has 1 unspecified atom stereocenters. The zero-order valence-electron chi connectivity index (χ0n) is 11.3. The molecule has 0 aromatic heterocycles. The molecule has 2 aromatic carbocycles. The molecule has 104 valence electrons. The molecule has 0 bridgehead atoms. The highest BCUT2D eigenvalue weighted by Crippen LogP contribution is 2.17. The summed E-state index contributed by atoms with van der Waals surface area (Å²) in [4.78, 5) is 11.8. The van der Waals surface area contributed by atoms with E-state index in [1.54, 1.807) is 18.2 Å². The molecule has 0 heterocycles. The number of hydrogen-bond acceptors (Lipinski definition) is 3. The predicted molar refractivity (Wildman–Crippen MR) is 79.6 cm³/mol. The molecule has 0 saturated heterocycles. The number of carbonyl (C=O) groups excluding carboxylic acids is 1. The van der Waals surface area contributed by atoms with Crippen LogP contribution >= 0.6 is 0 Å². The van der Waals surface area contributed by atoms with Gasteiger partial charge < -0.3 is 15.7 Å². The maximum atomic E-state index is 11.8. The lowest BCUT2D eigenvalue weighted by molar-refractivity contribution is -0.120. The Morgan fingerprint density at radius 3 is 2.60 bits per heavy atom. The lowest BCUT2D eigenvalue weighted by atomic mass is 10.1. The fourth-order valence-electron chi connectivity index (χ4n) is 1.91. The Bertz CT molecular complexity index is 570. The summed E-state index contributed by atoms with van der Waals surface area (Å²) in [5.41, 5.74) is 1.78. The maximum absolute atomic E-state index is 11.8. The van der Waals surface area contributed by atoms with Gasteiger partial charge in [-0.2, -0.15) is 0 Å². The van der Waals surface area contributed by atoms with Crippen LogP contribution in [0.2, 0.25) is 0 Å². The molecule has 20 heavy (non-hydrogen) atoms. The number of rotatable bonds is 5. The fourth-order valence-corrected chi connectivity index (χ4v) is 1.91. The summed E-state index contributed by atoms with van der Waals surface area (Å²) in [5, 5.41) is 15.4. The summed E-state index contributed by atoms with van der Waals surface area (Å²) in [6.07, 6.45) is 0. The van der Waals surface area contributed by atoms with Crippen molar-refractivity contribution in [3.05, 3.63) is 60.2 Å². The maximum Gasteiger partial charge on any atom is 0.239 e. The number of carbonyl (C=O) groups is 1. The van der Waals surface area contributed by atoms with Crippen LogP contribution in [0.3, 0.4) is 0 Å². The van der Waals surface area contributed by atoms with Crippen molar-refractivity contribution in [3.8, 4) is 5.75 Å². The summed E-state index contributed by atoms with van der Waals surface area (Å²) < 4.78 is 0. The average molecular weight is 270 g/mol. The first-order valence-electron chi connectivity index (χ1n) is 6.52. The van der Waals surface area contributed by atoms with Crippen LogP contribution < -0.4 is 10.6 Å². The Labute approximate surface area is 118 Å². The van der Waals surface area contributed by atoms with E-state index in [2.05, 4.69) is 10.6 Å². The van der Waals surface area contributed by atoms with Gasteiger partial charge in [0.15, 0.2) is 0 Å². The van der Waals surface area contributed by atoms with E-state index in [9.17, 15) is 9.90 Å². The highest BCUT2D eigenvalue weighted by Gasteiger charge is 2.09. The van der Waals surface area contributed by atoms with Crippen LogP contribution in [0.4, 0.5) is 5.69 Å². The molecule has 0 spiro atoms. The standard InChI is InChI=1S/C16H18N2O2/c1-12(13-6-5-9-15(19)10-13)18-16(20)11-17-14-7-3-2-4-8-14/h2-10,12,17,19H,11H2,1H3,(H,18,20). The first kappa shape index (κ1) is 13.9. The number of nitrogens with one attached hydrogen (secondary N) is 2. The average Bonchev–Trinajstić information content (AvgIpc) is 2.46. The zero-order valence-corrected chi connectivity index (χ0v) is 11.3. The van der Waals surface area contributed by atoms with Crippen LogP contribution in [0.25, 0.3) is 0 Å². The molecule has 0 aliphatic rings. The second-order valence-electron chi connectivity index (χ2n) is 4.60. The molecular weight excluding hydrogens is 252 g/mol. The number of anilines is 1. The van der Waals surface area contributed by atoms with Crippen LogP contribution in [0.5, 0.6) is 5.75 Å². The van der Waals surface area contributed by atoms with Crippen LogP contribution in [0.1, 0.15) is 18.5 Å². The number of phenols is 1. The van der Waals surface area contributed by atoms with Crippen LogP contribution in [-0.4, -0.2) is 17.6 Å². The predicted octanol–water partition coefficient (Wildman–Crippen LogP) is 2.68. The topological polar surface area (TPSA) is 61.4 Å². The number of amides is 1. The van der Waals surface area contributed by atoms with Crippen molar-refractivity contribution in [3.63, 3.8) is 0 Å². The first-order valence-corrected chi connectivity index (χ1v) is 6.52. The van der Waals surface area contributed by atoms with Crippen LogP contribution in [0.15, 0.2) is 54.6 Å². The molecule has 3 N–H and O–H groups in total. The second-order valence-corrected chi connectivity index (χ2v) is 4.60. The van der Waals surface area contributed by atoms with E-state index >= 15 is 0 Å². The summed E-state index contributed by atoms with van der Waals surface area (Å²) in [6.45, 7) is 2.10. The van der Waals surface area contributed by atoms with Gasteiger partial charge in [-0.3, -0.25) is 4.79 Å². The van der Waals surface area contributed by atoms with Gasteiger partial charge in [0.2, 0.25) is 5.91 Å². The minimum atomic E-state index is -0.146. The van der Waals surface area contributed by atoms with E-state index in [0.717, 1.165) is 11.3 Å². The third-order valence-electron chi connectivity index (χ3n) is 2.97. The quantitative estimate of drug-likeness (QED) is 0.782. The molecule has 0 fully saturated rings. The minimum Gasteiger partial charge on any atom is -0.508 e. The molecular formula is C16H18N2O2. The Balaban J connectivity index is 1.85. The zero-order chi connectivity index (χ0) is 14.4. The highest BCUT2D eigenvalue weighted by atomic mass is 16.3. The number of phenolic OH excluding ortho intramolecular Hbond substituents is 1. The first-order chi connectivity index (χ1) is 9.65. The van der Waals surface area contributed by atoms with Gasteiger partial charge in [-0.05, 0) is 36.8 Å². The number of benzene rings is 2. The van der Waals surface area contributed by atoms with Crippen molar-refractivity contribution in [2.45, 2.75) is 13.0 Å². The lowest BCUT2D eigenvalue weighted by Crippen LogP contribution is -2.32. The van der Waals surface area contributed by atoms with E-state index in [1.165, 1.54) is 0 Å². The highest BCUT2D eigenvalue weighted by molar-refractivity contribution is 5.81. The molecule has 0 saturated carbocycles. The second kappa shape index (κ2) is 6.61. The monoisotopic (exact) mass is 270 g/mol. The van der Waals surface area contributed by atoms with Crippen LogP contribution in [0, 0.1) is 0 Å². The van der Waals surface area contributed by atoms with E-state index in [4.69, 9.17) is 0 Å². The minimum absolute atomic E-state index is 0.0929. The number of aromatic hydroxyl groups is 1. The van der Waals surface area contributed by atoms with Gasteiger partial charge in [-0.25, -0.2) is 0 Å². The Kier molecular flexibility index (Phi) is 4.60. The number of para-hydroxylation sites is 1. The summed E-state index contributed by atoms with van der Waals surface area (Å²) in [7, 11) is 0. The molecule has 0 aliphatic heterocycles. The largest absolute Gasteiger partial charge is 0.508 e. The van der Waals surface area contributed by atoms with Gasteiger partial charge in [0.1, 0.15) is 5.75 Å².